The van der Waals surface area contributed by atoms with Crippen LogP contribution in [0.3, 0.4) is 0 Å². The number of para-hydroxylation sites is 2. The summed E-state index contributed by atoms with van der Waals surface area (Å²) in [6.45, 7) is 4.00. The Labute approximate surface area is 342 Å². The van der Waals surface area contributed by atoms with Crippen molar-refractivity contribution in [2.75, 3.05) is 0 Å². The fraction of sp³-hybridized carbons (Fsp3) is 0.0588. The fourth-order valence-corrected chi connectivity index (χ4v) is 7.71. The summed E-state index contributed by atoms with van der Waals surface area (Å²) in [5, 5.41) is 4.27. The molecule has 0 saturated heterocycles. The third-order valence-corrected chi connectivity index (χ3v) is 10.2. The first kappa shape index (κ1) is 36.8. The Kier molecular flexibility index (Phi) is 9.72. The second-order valence-electron chi connectivity index (χ2n) is 13.6. The van der Waals surface area contributed by atoms with Gasteiger partial charge >= 0.3 is 0 Å². The van der Waals surface area contributed by atoms with Gasteiger partial charge in [-0.3, -0.25) is 9.13 Å². The molecule has 0 aliphatic heterocycles. The maximum atomic E-state index is 5.23. The Morgan fingerprint density at radius 2 is 0.559 bits per heavy atom. The molecule has 0 bridgehead atoms. The van der Waals surface area contributed by atoms with E-state index in [4.69, 9.17) is 29.9 Å². The lowest BCUT2D eigenvalue weighted by Gasteiger charge is -2.13. The van der Waals surface area contributed by atoms with E-state index in [0.29, 0.717) is 35.2 Å². The van der Waals surface area contributed by atoms with E-state index in [1.165, 1.54) is 0 Å². The molecule has 0 fully saturated rings. The van der Waals surface area contributed by atoms with E-state index in [9.17, 15) is 0 Å². The molecule has 284 valence electrons. The summed E-state index contributed by atoms with van der Waals surface area (Å²) >= 11 is 0. The lowest BCUT2D eigenvalue weighted by Crippen LogP contribution is -2.09. The first-order valence-corrected chi connectivity index (χ1v) is 19.5. The van der Waals surface area contributed by atoms with E-state index < -0.39 is 0 Å². The highest BCUT2D eigenvalue weighted by Crippen LogP contribution is 2.41. The molecule has 4 heterocycles. The van der Waals surface area contributed by atoms with E-state index in [1.807, 2.05) is 135 Å². The zero-order valence-corrected chi connectivity index (χ0v) is 31.9. The van der Waals surface area contributed by atoms with Crippen LogP contribution < -0.4 is 0 Å². The average molecular weight is 765 g/mol. The minimum atomic E-state index is 0. The predicted molar refractivity (Wildman–Crippen MR) is 242 cm³/mol. The van der Waals surface area contributed by atoms with Crippen LogP contribution >= 0.6 is 0 Å². The number of rotatable bonds is 6. The summed E-state index contributed by atoms with van der Waals surface area (Å²) in [6, 6.07) is 61.6. The zero-order valence-electron chi connectivity index (χ0n) is 31.9. The van der Waals surface area contributed by atoms with Crippen LogP contribution in [0.15, 0.2) is 182 Å². The largest absolute Gasteiger partial charge is 0.276 e. The van der Waals surface area contributed by atoms with Gasteiger partial charge in [0, 0.05) is 43.8 Å². The quantitative estimate of drug-likeness (QED) is 0.168. The van der Waals surface area contributed by atoms with Gasteiger partial charge < -0.3 is 0 Å². The standard InChI is InChI=1S/C48H30N8.C2H6.CH4/c1-5-17-31(18-6-1)43-49-44(32-19-7-2-8-20-32)52-47(51-43)55-39-27-15-13-25-35(39)37-29-30-38-36-26-14-16-28-40(36)56(42(38)41(37)55)48-53-45(33-21-9-3-10-22-33)50-46(54-48)34-23-11-4-12-24-34;1-2;/h1-30H;1-2H3;1H4. The van der Waals surface area contributed by atoms with Crippen molar-refractivity contribution in [1.82, 2.24) is 39.0 Å². The van der Waals surface area contributed by atoms with E-state index in [0.717, 1.165) is 65.9 Å². The highest BCUT2D eigenvalue weighted by Gasteiger charge is 2.25. The fourth-order valence-electron chi connectivity index (χ4n) is 7.71. The molecule has 59 heavy (non-hydrogen) atoms. The number of hydrogen-bond donors (Lipinski definition) is 0. The monoisotopic (exact) mass is 764 g/mol. The van der Waals surface area contributed by atoms with Gasteiger partial charge in [0.1, 0.15) is 0 Å². The molecule has 0 aliphatic carbocycles. The predicted octanol–water partition coefficient (Wildman–Crippen LogP) is 12.6. The van der Waals surface area contributed by atoms with Gasteiger partial charge in [-0.15, -0.1) is 0 Å². The van der Waals surface area contributed by atoms with E-state index >= 15 is 0 Å². The average Bonchev–Trinajstić information content (AvgIpc) is 3.84. The first-order chi connectivity index (χ1) is 28.8. The van der Waals surface area contributed by atoms with Crippen molar-refractivity contribution >= 4 is 43.6 Å². The summed E-state index contributed by atoms with van der Waals surface area (Å²) in [5.41, 5.74) is 7.43. The molecule has 8 heteroatoms. The lowest BCUT2D eigenvalue weighted by molar-refractivity contribution is 0.941. The summed E-state index contributed by atoms with van der Waals surface area (Å²) in [4.78, 5) is 31.0. The van der Waals surface area contributed by atoms with Crippen molar-refractivity contribution in [1.29, 1.82) is 0 Å². The van der Waals surface area contributed by atoms with E-state index in [2.05, 4.69) is 69.8 Å². The van der Waals surface area contributed by atoms with Gasteiger partial charge in [-0.25, -0.2) is 9.97 Å². The molecule has 0 aliphatic rings. The minimum absolute atomic E-state index is 0. The number of aromatic nitrogens is 8. The van der Waals surface area contributed by atoms with Gasteiger partial charge in [-0.1, -0.05) is 191 Å². The Bertz CT molecular complexity index is 2900. The van der Waals surface area contributed by atoms with Crippen molar-refractivity contribution in [2.45, 2.75) is 21.3 Å². The number of fused-ring (bicyclic) bond motifs is 7. The van der Waals surface area contributed by atoms with Gasteiger partial charge in [0.05, 0.1) is 22.1 Å². The van der Waals surface area contributed by atoms with E-state index in [-0.39, 0.29) is 7.43 Å². The molecule has 0 N–H and O–H groups in total. The van der Waals surface area contributed by atoms with Crippen LogP contribution in [-0.4, -0.2) is 39.0 Å². The highest BCUT2D eigenvalue weighted by molar-refractivity contribution is 6.23. The smallest absolute Gasteiger partial charge is 0.238 e. The van der Waals surface area contributed by atoms with Crippen molar-refractivity contribution in [2.24, 2.45) is 0 Å². The Morgan fingerprint density at radius 3 is 0.864 bits per heavy atom. The Morgan fingerprint density at radius 1 is 0.288 bits per heavy atom. The van der Waals surface area contributed by atoms with Crippen LogP contribution in [-0.2, 0) is 0 Å². The van der Waals surface area contributed by atoms with Crippen LogP contribution in [0.2, 0.25) is 0 Å². The topological polar surface area (TPSA) is 87.2 Å². The van der Waals surface area contributed by atoms with Gasteiger partial charge in [-0.05, 0) is 12.1 Å². The molecular weight excluding hydrogens is 725 g/mol. The van der Waals surface area contributed by atoms with Crippen molar-refractivity contribution < 1.29 is 0 Å². The minimum Gasteiger partial charge on any atom is -0.276 e. The molecule has 11 aromatic rings. The summed E-state index contributed by atoms with van der Waals surface area (Å²) in [6.07, 6.45) is 0. The molecule has 0 unspecified atom stereocenters. The van der Waals surface area contributed by atoms with Crippen molar-refractivity contribution in [3.63, 3.8) is 0 Å². The Hall–Kier alpha value is -7.84. The Balaban J connectivity index is 0.00000148. The normalized spacial score (nSPS) is 11.1. The first-order valence-electron chi connectivity index (χ1n) is 19.5. The molecular formula is C51H40N8. The van der Waals surface area contributed by atoms with Crippen LogP contribution in [0.5, 0.6) is 0 Å². The van der Waals surface area contributed by atoms with Crippen LogP contribution in [0.4, 0.5) is 0 Å². The maximum absolute atomic E-state index is 5.23. The molecule has 0 amide bonds. The molecule has 8 nitrogen and oxygen atoms in total. The molecule has 0 radical (unpaired) electrons. The van der Waals surface area contributed by atoms with Gasteiger partial charge in [-0.2, -0.15) is 19.9 Å². The van der Waals surface area contributed by atoms with Crippen molar-refractivity contribution in [3.05, 3.63) is 182 Å². The molecule has 7 aromatic carbocycles. The third kappa shape index (κ3) is 6.37. The van der Waals surface area contributed by atoms with Gasteiger partial charge in [0.25, 0.3) is 0 Å². The molecule has 0 spiro atoms. The van der Waals surface area contributed by atoms with Gasteiger partial charge in [0.15, 0.2) is 23.3 Å². The summed E-state index contributed by atoms with van der Waals surface area (Å²) in [5.74, 6) is 3.38. The number of hydrogen-bond acceptors (Lipinski definition) is 6. The molecule has 11 rings (SSSR count). The van der Waals surface area contributed by atoms with Crippen LogP contribution in [0.1, 0.15) is 21.3 Å². The van der Waals surface area contributed by atoms with Crippen LogP contribution in [0, 0.1) is 0 Å². The third-order valence-electron chi connectivity index (χ3n) is 10.2. The van der Waals surface area contributed by atoms with Gasteiger partial charge in [0.2, 0.25) is 11.9 Å². The van der Waals surface area contributed by atoms with Crippen LogP contribution in [0.25, 0.3) is 101 Å². The lowest BCUT2D eigenvalue weighted by atomic mass is 10.1. The zero-order chi connectivity index (χ0) is 39.0. The SMILES string of the molecule is C.CC.c1ccc(-c2nc(-c3ccccc3)nc(-n3c4ccccc4c4ccc5c6ccccc6n(-c6nc(-c7ccccc7)nc(-c7ccccc7)n6)c5c43)n2)cc1. The summed E-state index contributed by atoms with van der Waals surface area (Å²) < 4.78 is 4.36. The highest BCUT2D eigenvalue weighted by atomic mass is 15.2. The second-order valence-corrected chi connectivity index (χ2v) is 13.6. The molecule has 0 saturated carbocycles. The summed E-state index contributed by atoms with van der Waals surface area (Å²) in [7, 11) is 0. The second kappa shape index (κ2) is 15.6. The number of nitrogens with zero attached hydrogens (tertiary/aromatic N) is 8. The molecule has 4 aromatic heterocycles. The van der Waals surface area contributed by atoms with Crippen molar-refractivity contribution in [3.8, 4) is 57.4 Å². The number of benzene rings is 7. The van der Waals surface area contributed by atoms with E-state index in [1.54, 1.807) is 0 Å². The molecule has 0 atom stereocenters. The maximum Gasteiger partial charge on any atom is 0.238 e.